The molecular weight excluding hydrogens is 320 g/mol. The monoisotopic (exact) mass is 338 g/mol. The van der Waals surface area contributed by atoms with E-state index in [0.29, 0.717) is 0 Å². The first-order valence-electron chi connectivity index (χ1n) is 6.81. The van der Waals surface area contributed by atoms with Crippen molar-refractivity contribution in [3.63, 3.8) is 0 Å². The number of carbonyl (C=O) groups excluding carboxylic acids is 2. The van der Waals surface area contributed by atoms with E-state index < -0.39 is 74.0 Å². The molecule has 0 aromatic rings. The van der Waals surface area contributed by atoms with Crippen molar-refractivity contribution in [1.82, 2.24) is 0 Å². The lowest BCUT2D eigenvalue weighted by atomic mass is 9.99. The third-order valence-electron chi connectivity index (χ3n) is 3.65. The number of cyclic esters (lactones) is 1. The Balaban J connectivity index is 2.08. The summed E-state index contributed by atoms with van der Waals surface area (Å²) in [7, 11) is 0. The van der Waals surface area contributed by atoms with Crippen LogP contribution in [0, 0.1) is 0 Å². The van der Waals surface area contributed by atoms with Gasteiger partial charge in [-0.3, -0.25) is 4.79 Å². The number of hydrogen-bond donors (Lipinski definition) is 6. The van der Waals surface area contributed by atoms with Crippen LogP contribution in [0.1, 0.15) is 0 Å². The lowest BCUT2D eigenvalue weighted by molar-refractivity contribution is -0.305. The van der Waals surface area contributed by atoms with Crippen molar-refractivity contribution in [2.24, 2.45) is 0 Å². The van der Waals surface area contributed by atoms with Gasteiger partial charge in [0.15, 0.2) is 12.4 Å². The van der Waals surface area contributed by atoms with Crippen molar-refractivity contribution >= 4 is 11.8 Å². The molecule has 6 N–H and O–H groups in total. The van der Waals surface area contributed by atoms with Gasteiger partial charge in [-0.15, -0.1) is 0 Å². The van der Waals surface area contributed by atoms with E-state index in [1.54, 1.807) is 0 Å². The molecule has 11 heteroatoms. The van der Waals surface area contributed by atoms with Crippen molar-refractivity contribution in [1.29, 1.82) is 0 Å². The molecule has 2 rings (SSSR count). The number of aliphatic hydroxyl groups excluding tert-OH is 6. The van der Waals surface area contributed by atoms with Crippen LogP contribution in [0.5, 0.6) is 0 Å². The van der Waals surface area contributed by atoms with Gasteiger partial charge >= 0.3 is 5.97 Å². The lowest BCUT2D eigenvalue weighted by Crippen LogP contribution is -2.60. The fourth-order valence-electron chi connectivity index (χ4n) is 2.31. The largest absolute Gasteiger partial charge is 0.449 e. The van der Waals surface area contributed by atoms with Crippen LogP contribution in [0.4, 0.5) is 0 Å². The first kappa shape index (κ1) is 18.2. The van der Waals surface area contributed by atoms with E-state index in [0.717, 1.165) is 0 Å². The zero-order chi connectivity index (χ0) is 17.3. The molecule has 0 amide bonds. The quantitative estimate of drug-likeness (QED) is 0.208. The summed E-state index contributed by atoms with van der Waals surface area (Å²) >= 11 is 0. The smallest absolute Gasteiger partial charge is 0.344 e. The molecule has 11 nitrogen and oxygen atoms in total. The molecule has 0 spiro atoms. The number of hydrogen-bond acceptors (Lipinski definition) is 11. The van der Waals surface area contributed by atoms with Gasteiger partial charge < -0.3 is 44.8 Å². The second-order valence-electron chi connectivity index (χ2n) is 5.22. The Morgan fingerprint density at radius 2 is 1.74 bits per heavy atom. The van der Waals surface area contributed by atoms with Crippen LogP contribution in [0.3, 0.4) is 0 Å². The Bertz CT molecular complexity index is 452. The highest BCUT2D eigenvalue weighted by Crippen LogP contribution is 2.26. The van der Waals surface area contributed by atoms with Crippen LogP contribution < -0.4 is 0 Å². The molecule has 8 atom stereocenters. The molecule has 132 valence electrons. The molecule has 0 aromatic heterocycles. The highest BCUT2D eigenvalue weighted by molar-refractivity contribution is 6.09. The predicted octanol–water partition coefficient (Wildman–Crippen LogP) is -4.98. The number of ether oxygens (including phenoxy) is 3. The number of carbonyl (C=O) groups is 2. The number of ketones is 1. The molecule has 2 aliphatic heterocycles. The summed E-state index contributed by atoms with van der Waals surface area (Å²) in [4.78, 5) is 23.6. The Hall–Kier alpha value is -1.18. The lowest BCUT2D eigenvalue weighted by Gasteiger charge is -2.39. The minimum Gasteiger partial charge on any atom is -0.449 e. The Kier molecular flexibility index (Phi) is 5.65. The van der Waals surface area contributed by atoms with Crippen molar-refractivity contribution in [3.8, 4) is 0 Å². The number of esters is 1. The molecule has 2 fully saturated rings. The molecule has 0 aliphatic carbocycles. The summed E-state index contributed by atoms with van der Waals surface area (Å²) in [6.45, 7) is -1.53. The number of aliphatic hydroxyl groups is 6. The molecule has 2 saturated heterocycles. The molecule has 2 aliphatic rings. The molecule has 0 saturated carbocycles. The van der Waals surface area contributed by atoms with Gasteiger partial charge in [0, 0.05) is 0 Å². The van der Waals surface area contributed by atoms with E-state index in [4.69, 9.17) is 19.7 Å². The van der Waals surface area contributed by atoms with Crippen LogP contribution in [-0.2, 0) is 23.8 Å². The average Bonchev–Trinajstić information content (AvgIpc) is 2.82. The van der Waals surface area contributed by atoms with Gasteiger partial charge in [0.1, 0.15) is 30.5 Å². The second kappa shape index (κ2) is 7.15. The fourth-order valence-corrected chi connectivity index (χ4v) is 2.31. The van der Waals surface area contributed by atoms with Crippen molar-refractivity contribution in [2.45, 2.75) is 49.0 Å². The molecule has 0 radical (unpaired) electrons. The van der Waals surface area contributed by atoms with E-state index in [2.05, 4.69) is 4.74 Å². The first-order valence-corrected chi connectivity index (χ1v) is 6.81. The second-order valence-corrected chi connectivity index (χ2v) is 5.22. The normalized spacial score (nSPS) is 42.6. The van der Waals surface area contributed by atoms with Crippen LogP contribution in [-0.4, -0.2) is 105 Å². The summed E-state index contributed by atoms with van der Waals surface area (Å²) in [5.74, 6) is -2.15. The maximum atomic E-state index is 12.0. The van der Waals surface area contributed by atoms with Gasteiger partial charge in [-0.05, 0) is 0 Å². The van der Waals surface area contributed by atoms with Gasteiger partial charge in [-0.2, -0.15) is 0 Å². The minimum atomic E-state index is -1.84. The van der Waals surface area contributed by atoms with Crippen molar-refractivity contribution in [2.75, 3.05) is 13.2 Å². The van der Waals surface area contributed by atoms with Crippen LogP contribution in [0.2, 0.25) is 0 Å². The molecule has 2 heterocycles. The van der Waals surface area contributed by atoms with Crippen LogP contribution in [0.25, 0.3) is 0 Å². The van der Waals surface area contributed by atoms with Gasteiger partial charge in [0.25, 0.3) is 0 Å². The first-order chi connectivity index (χ1) is 10.8. The van der Waals surface area contributed by atoms with Gasteiger partial charge in [0.2, 0.25) is 11.9 Å². The topological polar surface area (TPSA) is 183 Å². The van der Waals surface area contributed by atoms with Crippen LogP contribution in [0.15, 0.2) is 0 Å². The Labute approximate surface area is 129 Å². The highest BCUT2D eigenvalue weighted by Gasteiger charge is 2.52. The summed E-state index contributed by atoms with van der Waals surface area (Å²) in [6, 6.07) is 0. The summed E-state index contributed by atoms with van der Waals surface area (Å²) < 4.78 is 14.6. The Morgan fingerprint density at radius 1 is 1.09 bits per heavy atom. The summed E-state index contributed by atoms with van der Waals surface area (Å²) in [6.07, 6.45) is -13.2. The van der Waals surface area contributed by atoms with Crippen LogP contribution >= 0.6 is 0 Å². The minimum absolute atomic E-state index is 0.709. The summed E-state index contributed by atoms with van der Waals surface area (Å²) in [5, 5.41) is 56.2. The summed E-state index contributed by atoms with van der Waals surface area (Å²) in [5.41, 5.74) is 0. The number of Topliss-reactive ketones (excluding diaryl/α,β-unsaturated/α-hetero) is 1. The standard InChI is InChI=1S/C12H18O11/c13-1-3(15)9-8(19)10(11(20)22-9)23-12-7(18)6(17)5(16)4(2-14)21-12/h3-7,9-10,12-18H,1-2H2/t3-,4+,5+,6-,7+,9+,10?,12?/m0/s1. The third kappa shape index (κ3) is 3.36. The Morgan fingerprint density at radius 3 is 2.30 bits per heavy atom. The molecule has 2 unspecified atom stereocenters. The van der Waals surface area contributed by atoms with E-state index >= 15 is 0 Å². The number of rotatable bonds is 5. The fraction of sp³-hybridized carbons (Fsp3) is 0.833. The van der Waals surface area contributed by atoms with E-state index in [9.17, 15) is 30.0 Å². The zero-order valence-corrected chi connectivity index (χ0v) is 11.8. The SMILES string of the molecule is O=C1O[C@H]([C@@H](O)CO)C(=O)C1OC1O[C@H](CO)[C@@H](O)[C@H](O)[C@H]1O. The third-order valence-corrected chi connectivity index (χ3v) is 3.65. The van der Waals surface area contributed by atoms with Crippen molar-refractivity contribution < 1.29 is 54.4 Å². The van der Waals surface area contributed by atoms with E-state index in [1.807, 2.05) is 0 Å². The molecule has 0 bridgehead atoms. The molecule has 0 aromatic carbocycles. The van der Waals surface area contributed by atoms with Gasteiger partial charge in [0.05, 0.1) is 13.2 Å². The average molecular weight is 338 g/mol. The maximum Gasteiger partial charge on any atom is 0.344 e. The van der Waals surface area contributed by atoms with Crippen molar-refractivity contribution in [3.05, 3.63) is 0 Å². The maximum absolute atomic E-state index is 12.0. The van der Waals surface area contributed by atoms with E-state index in [-0.39, 0.29) is 0 Å². The zero-order valence-electron chi connectivity index (χ0n) is 11.8. The van der Waals surface area contributed by atoms with Gasteiger partial charge in [-0.1, -0.05) is 0 Å². The predicted molar refractivity (Wildman–Crippen MR) is 66.6 cm³/mol. The van der Waals surface area contributed by atoms with Gasteiger partial charge in [-0.25, -0.2) is 4.79 Å². The van der Waals surface area contributed by atoms with E-state index in [1.165, 1.54) is 0 Å². The highest BCUT2D eigenvalue weighted by atomic mass is 16.7. The molecule has 23 heavy (non-hydrogen) atoms. The molecular formula is C12H18O11.